The van der Waals surface area contributed by atoms with E-state index in [0.29, 0.717) is 10.9 Å². The standard InChI is InChI=1S/C21H19BrClN5S/c1-27-18(23)13-24-19(27)14-29-21-26-25-20(16-7-9-17(22)10-8-16)28(21)12-11-15-5-3-2-4-6-15/h2-10,13H,11-12,14H2,1H3. The molecular weight excluding hydrogens is 470 g/mol. The average molecular weight is 489 g/mol. The molecule has 0 radical (unpaired) electrons. The number of thioether (sulfide) groups is 1. The Morgan fingerprint density at radius 1 is 1.03 bits per heavy atom. The van der Waals surface area contributed by atoms with Crippen LogP contribution in [0, 0.1) is 0 Å². The summed E-state index contributed by atoms with van der Waals surface area (Å²) in [7, 11) is 1.92. The zero-order valence-electron chi connectivity index (χ0n) is 15.8. The number of hydrogen-bond acceptors (Lipinski definition) is 4. The molecule has 29 heavy (non-hydrogen) atoms. The third-order valence-corrected chi connectivity index (χ3v) is 6.49. The van der Waals surface area contributed by atoms with Crippen LogP contribution in [0.4, 0.5) is 0 Å². The van der Waals surface area contributed by atoms with E-state index in [0.717, 1.165) is 39.8 Å². The summed E-state index contributed by atoms with van der Waals surface area (Å²) in [5.41, 5.74) is 2.33. The molecule has 0 N–H and O–H groups in total. The predicted molar refractivity (Wildman–Crippen MR) is 121 cm³/mol. The van der Waals surface area contributed by atoms with E-state index in [1.54, 1.807) is 18.0 Å². The molecule has 0 atom stereocenters. The van der Waals surface area contributed by atoms with Crippen LogP contribution in [-0.2, 0) is 25.8 Å². The van der Waals surface area contributed by atoms with Crippen LogP contribution in [0.3, 0.4) is 0 Å². The highest BCUT2D eigenvalue weighted by atomic mass is 79.9. The highest BCUT2D eigenvalue weighted by molar-refractivity contribution is 9.10. The van der Waals surface area contributed by atoms with Crippen LogP contribution in [0.25, 0.3) is 11.4 Å². The van der Waals surface area contributed by atoms with Gasteiger partial charge in [-0.25, -0.2) is 4.98 Å². The van der Waals surface area contributed by atoms with E-state index < -0.39 is 0 Å². The summed E-state index contributed by atoms with van der Waals surface area (Å²) in [6.45, 7) is 0.798. The Labute approximate surface area is 187 Å². The first kappa shape index (κ1) is 20.2. The number of aromatic nitrogens is 5. The van der Waals surface area contributed by atoms with Gasteiger partial charge in [0.2, 0.25) is 0 Å². The van der Waals surface area contributed by atoms with Crippen molar-refractivity contribution >= 4 is 39.3 Å². The summed E-state index contributed by atoms with van der Waals surface area (Å²) in [4.78, 5) is 4.38. The summed E-state index contributed by atoms with van der Waals surface area (Å²) in [6.07, 6.45) is 2.58. The molecule has 0 fully saturated rings. The molecule has 2 aromatic carbocycles. The molecule has 0 aliphatic rings. The third-order valence-electron chi connectivity index (χ3n) is 4.64. The van der Waals surface area contributed by atoms with Gasteiger partial charge in [-0.15, -0.1) is 10.2 Å². The third kappa shape index (κ3) is 4.74. The van der Waals surface area contributed by atoms with Crippen molar-refractivity contribution in [2.75, 3.05) is 0 Å². The Morgan fingerprint density at radius 3 is 2.48 bits per heavy atom. The summed E-state index contributed by atoms with van der Waals surface area (Å²) in [5, 5.41) is 10.5. The second-order valence-corrected chi connectivity index (χ2v) is 8.79. The zero-order chi connectivity index (χ0) is 20.2. The minimum atomic E-state index is 0.627. The summed E-state index contributed by atoms with van der Waals surface area (Å²) >= 11 is 11.2. The van der Waals surface area contributed by atoms with Crippen molar-refractivity contribution in [3.8, 4) is 11.4 Å². The number of aryl methyl sites for hydroxylation is 1. The van der Waals surface area contributed by atoms with Crippen LogP contribution in [0.2, 0.25) is 5.15 Å². The maximum atomic E-state index is 6.11. The molecule has 148 valence electrons. The van der Waals surface area contributed by atoms with Gasteiger partial charge in [-0.05, 0) is 24.1 Å². The van der Waals surface area contributed by atoms with Crippen molar-refractivity contribution in [3.05, 3.63) is 81.8 Å². The van der Waals surface area contributed by atoms with Crippen LogP contribution >= 0.6 is 39.3 Å². The number of benzene rings is 2. The van der Waals surface area contributed by atoms with E-state index in [-0.39, 0.29) is 0 Å². The van der Waals surface area contributed by atoms with Crippen LogP contribution < -0.4 is 0 Å². The van der Waals surface area contributed by atoms with Crippen LogP contribution in [-0.4, -0.2) is 24.3 Å². The van der Waals surface area contributed by atoms with Gasteiger partial charge < -0.3 is 9.13 Å². The number of hydrogen-bond donors (Lipinski definition) is 0. The van der Waals surface area contributed by atoms with Gasteiger partial charge in [-0.3, -0.25) is 0 Å². The average Bonchev–Trinajstić information content (AvgIpc) is 3.29. The molecule has 8 heteroatoms. The molecular formula is C21H19BrClN5S. The highest BCUT2D eigenvalue weighted by Gasteiger charge is 2.16. The fourth-order valence-electron chi connectivity index (χ4n) is 2.98. The first-order chi connectivity index (χ1) is 14.1. The summed E-state index contributed by atoms with van der Waals surface area (Å²) < 4.78 is 5.11. The Balaban J connectivity index is 1.61. The Hall–Kier alpha value is -2.09. The first-order valence-electron chi connectivity index (χ1n) is 9.14. The van der Waals surface area contributed by atoms with Gasteiger partial charge in [0.15, 0.2) is 11.0 Å². The van der Waals surface area contributed by atoms with Crippen LogP contribution in [0.1, 0.15) is 11.4 Å². The van der Waals surface area contributed by atoms with E-state index in [9.17, 15) is 0 Å². The molecule has 0 bridgehead atoms. The smallest absolute Gasteiger partial charge is 0.191 e. The van der Waals surface area contributed by atoms with Crippen molar-refractivity contribution in [1.29, 1.82) is 0 Å². The second-order valence-electron chi connectivity index (χ2n) is 6.55. The molecule has 0 saturated heterocycles. The molecule has 0 amide bonds. The van der Waals surface area contributed by atoms with Gasteiger partial charge in [0.05, 0.1) is 11.9 Å². The molecule has 0 aliphatic carbocycles. The minimum absolute atomic E-state index is 0.627. The van der Waals surface area contributed by atoms with E-state index in [1.807, 2.05) is 29.8 Å². The normalized spacial score (nSPS) is 11.1. The van der Waals surface area contributed by atoms with Crippen molar-refractivity contribution in [3.63, 3.8) is 0 Å². The molecule has 0 saturated carbocycles. The fraction of sp³-hybridized carbons (Fsp3) is 0.190. The van der Waals surface area contributed by atoms with Crippen molar-refractivity contribution < 1.29 is 0 Å². The van der Waals surface area contributed by atoms with Gasteiger partial charge in [0.25, 0.3) is 0 Å². The van der Waals surface area contributed by atoms with E-state index >= 15 is 0 Å². The van der Waals surface area contributed by atoms with Gasteiger partial charge in [0, 0.05) is 23.6 Å². The lowest BCUT2D eigenvalue weighted by Crippen LogP contribution is -2.06. The summed E-state index contributed by atoms with van der Waals surface area (Å²) in [6, 6.07) is 18.6. The lowest BCUT2D eigenvalue weighted by atomic mass is 10.1. The number of rotatable bonds is 7. The van der Waals surface area contributed by atoms with Crippen molar-refractivity contribution in [2.45, 2.75) is 23.9 Å². The highest BCUT2D eigenvalue weighted by Crippen LogP contribution is 2.28. The first-order valence-corrected chi connectivity index (χ1v) is 11.3. The van der Waals surface area contributed by atoms with Crippen molar-refractivity contribution in [2.24, 2.45) is 7.05 Å². The maximum Gasteiger partial charge on any atom is 0.191 e. The molecule has 0 aliphatic heterocycles. The number of imidazole rings is 1. The van der Waals surface area contributed by atoms with Gasteiger partial charge in [-0.2, -0.15) is 0 Å². The van der Waals surface area contributed by atoms with Gasteiger partial charge >= 0.3 is 0 Å². The quantitative estimate of drug-likeness (QED) is 0.316. The van der Waals surface area contributed by atoms with Crippen molar-refractivity contribution in [1.82, 2.24) is 24.3 Å². The molecule has 4 aromatic rings. The zero-order valence-corrected chi connectivity index (χ0v) is 19.0. The SMILES string of the molecule is Cn1c(Cl)cnc1CSc1nnc(-c2ccc(Br)cc2)n1CCc1ccccc1. The van der Waals surface area contributed by atoms with Gasteiger partial charge in [0.1, 0.15) is 11.0 Å². The monoisotopic (exact) mass is 487 g/mol. The molecule has 2 aromatic heterocycles. The molecule has 0 spiro atoms. The van der Waals surface area contributed by atoms with E-state index in [1.165, 1.54) is 5.56 Å². The van der Waals surface area contributed by atoms with Crippen LogP contribution in [0.5, 0.6) is 0 Å². The molecule has 0 unspecified atom stereocenters. The Morgan fingerprint density at radius 2 is 1.79 bits per heavy atom. The lowest BCUT2D eigenvalue weighted by Gasteiger charge is -2.11. The number of halogens is 2. The molecule has 4 rings (SSSR count). The minimum Gasteiger partial charge on any atom is -0.322 e. The van der Waals surface area contributed by atoms with Crippen LogP contribution in [0.15, 0.2) is 70.4 Å². The Bertz CT molecular complexity index is 1090. The number of nitrogens with zero attached hydrogens (tertiary/aromatic N) is 5. The topological polar surface area (TPSA) is 48.5 Å². The second kappa shape index (κ2) is 9.15. The summed E-state index contributed by atoms with van der Waals surface area (Å²) in [5.74, 6) is 2.45. The predicted octanol–water partition coefficient (Wildman–Crippen LogP) is 5.63. The molecule has 2 heterocycles. The largest absolute Gasteiger partial charge is 0.322 e. The Kier molecular flexibility index (Phi) is 6.37. The maximum absolute atomic E-state index is 6.11. The lowest BCUT2D eigenvalue weighted by molar-refractivity contribution is 0.639. The molecule has 5 nitrogen and oxygen atoms in total. The van der Waals surface area contributed by atoms with E-state index in [4.69, 9.17) is 11.6 Å². The fourth-order valence-corrected chi connectivity index (χ4v) is 4.35. The van der Waals surface area contributed by atoms with Gasteiger partial charge in [-0.1, -0.05) is 81.8 Å². The van der Waals surface area contributed by atoms with E-state index in [2.05, 4.69) is 72.1 Å².